The van der Waals surface area contributed by atoms with Gasteiger partial charge in [0, 0.05) is 30.5 Å². The Bertz CT molecular complexity index is 752. The van der Waals surface area contributed by atoms with Crippen LogP contribution in [0.3, 0.4) is 0 Å². The van der Waals surface area contributed by atoms with Crippen LogP contribution in [0.2, 0.25) is 0 Å². The zero-order chi connectivity index (χ0) is 16.8. The van der Waals surface area contributed by atoms with Gasteiger partial charge in [-0.1, -0.05) is 12.1 Å². The Morgan fingerprint density at radius 2 is 2.08 bits per heavy atom. The average Bonchev–Trinajstić information content (AvgIpc) is 3.18. The summed E-state index contributed by atoms with van der Waals surface area (Å²) in [6.45, 7) is 10.0. The number of rotatable bonds is 3. The van der Waals surface area contributed by atoms with Crippen molar-refractivity contribution < 1.29 is 9.32 Å². The van der Waals surface area contributed by atoms with Gasteiger partial charge in [0.1, 0.15) is 5.76 Å². The van der Waals surface area contributed by atoms with Gasteiger partial charge in [0.05, 0.1) is 5.56 Å². The molecule has 0 spiro atoms. The van der Waals surface area contributed by atoms with E-state index < -0.39 is 0 Å². The van der Waals surface area contributed by atoms with Gasteiger partial charge in [0.15, 0.2) is 5.82 Å². The summed E-state index contributed by atoms with van der Waals surface area (Å²) in [5.41, 5.74) is 8.47. The Kier molecular flexibility index (Phi) is 5.11. The normalized spacial score (nSPS) is 20.3. The molecule has 1 fully saturated rings. The van der Waals surface area contributed by atoms with E-state index in [4.69, 9.17) is 10.3 Å². The van der Waals surface area contributed by atoms with Crippen LogP contribution in [0.4, 0.5) is 0 Å². The molecule has 0 aliphatic carbocycles. The van der Waals surface area contributed by atoms with E-state index in [1.807, 2.05) is 42.4 Å². The highest BCUT2D eigenvalue weighted by molar-refractivity contribution is 5.96. The van der Waals surface area contributed by atoms with Crippen molar-refractivity contribution in [1.29, 1.82) is 0 Å². The van der Waals surface area contributed by atoms with E-state index in [-0.39, 0.29) is 23.7 Å². The molecule has 2 aromatic heterocycles. The summed E-state index contributed by atoms with van der Waals surface area (Å²) < 4.78 is 7.12. The molecule has 1 aliphatic rings. The van der Waals surface area contributed by atoms with E-state index in [1.165, 1.54) is 0 Å². The maximum atomic E-state index is 12.9. The number of nitrogens with two attached hydrogens (primary N) is 1. The van der Waals surface area contributed by atoms with Gasteiger partial charge in [-0.2, -0.15) is 0 Å². The number of aryl methyl sites for hydroxylation is 2. The molecule has 2 N–H and O–H groups in total. The lowest BCUT2D eigenvalue weighted by Gasteiger charge is -2.22. The van der Waals surface area contributed by atoms with Crippen molar-refractivity contribution in [3.05, 3.63) is 34.8 Å². The van der Waals surface area contributed by atoms with Crippen LogP contribution in [-0.2, 0) is 0 Å². The van der Waals surface area contributed by atoms with E-state index >= 15 is 0 Å². The van der Waals surface area contributed by atoms with Crippen LogP contribution < -0.4 is 5.73 Å². The lowest BCUT2D eigenvalue weighted by molar-refractivity contribution is 0.0776. The maximum absolute atomic E-state index is 12.9. The minimum atomic E-state index is 0. The molecular formula is C17H25ClN4O2. The Labute approximate surface area is 148 Å². The minimum Gasteiger partial charge on any atom is -0.360 e. The molecule has 0 radical (unpaired) electrons. The van der Waals surface area contributed by atoms with Crippen LogP contribution in [0.1, 0.15) is 40.9 Å². The molecule has 3 heterocycles. The summed E-state index contributed by atoms with van der Waals surface area (Å²) in [7, 11) is 0. The predicted octanol–water partition coefficient (Wildman–Crippen LogP) is 2.62. The number of halogens is 1. The number of nitrogens with zero attached hydrogens (tertiary/aromatic N) is 3. The number of hydrogen-bond acceptors (Lipinski definition) is 4. The predicted molar refractivity (Wildman–Crippen MR) is 95.0 cm³/mol. The first kappa shape index (κ1) is 18.5. The van der Waals surface area contributed by atoms with Gasteiger partial charge in [-0.25, -0.2) is 0 Å². The van der Waals surface area contributed by atoms with Crippen molar-refractivity contribution in [2.75, 3.05) is 19.6 Å². The van der Waals surface area contributed by atoms with Crippen LogP contribution in [0.25, 0.3) is 5.82 Å². The molecule has 3 rings (SSSR count). The lowest BCUT2D eigenvalue weighted by Crippen LogP contribution is -2.34. The van der Waals surface area contributed by atoms with Gasteiger partial charge in [-0.05, 0) is 45.2 Å². The summed E-state index contributed by atoms with van der Waals surface area (Å²) >= 11 is 0. The Morgan fingerprint density at radius 1 is 1.38 bits per heavy atom. The summed E-state index contributed by atoms with van der Waals surface area (Å²) in [5, 5.41) is 4.06. The molecule has 24 heavy (non-hydrogen) atoms. The van der Waals surface area contributed by atoms with Crippen molar-refractivity contribution in [3.8, 4) is 5.82 Å². The van der Waals surface area contributed by atoms with Gasteiger partial charge in [-0.3, -0.25) is 9.36 Å². The molecule has 1 aliphatic heterocycles. The van der Waals surface area contributed by atoms with Crippen molar-refractivity contribution in [2.24, 2.45) is 11.1 Å². The van der Waals surface area contributed by atoms with Crippen molar-refractivity contribution in [3.63, 3.8) is 0 Å². The van der Waals surface area contributed by atoms with Crippen molar-refractivity contribution in [2.45, 2.75) is 34.1 Å². The molecule has 2 aromatic rings. The summed E-state index contributed by atoms with van der Waals surface area (Å²) in [6, 6.07) is 3.80. The number of carbonyl (C=O) groups is 1. The first-order valence-corrected chi connectivity index (χ1v) is 7.96. The van der Waals surface area contributed by atoms with Gasteiger partial charge < -0.3 is 15.2 Å². The summed E-state index contributed by atoms with van der Waals surface area (Å²) in [6.07, 6.45) is 0.955. The molecule has 132 valence electrons. The second-order valence-electron chi connectivity index (χ2n) is 6.91. The van der Waals surface area contributed by atoms with Gasteiger partial charge in [-0.15, -0.1) is 12.4 Å². The molecule has 0 bridgehead atoms. The van der Waals surface area contributed by atoms with Crippen LogP contribution in [-0.4, -0.2) is 40.2 Å². The van der Waals surface area contributed by atoms with Gasteiger partial charge >= 0.3 is 0 Å². The summed E-state index contributed by atoms with van der Waals surface area (Å²) in [4.78, 5) is 14.8. The van der Waals surface area contributed by atoms with Gasteiger partial charge in [0.2, 0.25) is 0 Å². The Hall–Kier alpha value is -1.79. The number of likely N-dealkylation sites (tertiary alicyclic amines) is 1. The maximum Gasteiger partial charge on any atom is 0.255 e. The van der Waals surface area contributed by atoms with Crippen LogP contribution in [0, 0.1) is 26.2 Å². The fraction of sp³-hybridized carbons (Fsp3) is 0.529. The van der Waals surface area contributed by atoms with E-state index in [0.29, 0.717) is 12.4 Å². The molecule has 0 saturated carbocycles. The zero-order valence-electron chi connectivity index (χ0n) is 14.6. The Morgan fingerprint density at radius 3 is 2.62 bits per heavy atom. The number of aromatic nitrogens is 2. The largest absolute Gasteiger partial charge is 0.360 e. The third-order valence-corrected chi connectivity index (χ3v) is 4.84. The monoisotopic (exact) mass is 352 g/mol. The lowest BCUT2D eigenvalue weighted by atomic mass is 9.90. The number of amides is 1. The van der Waals surface area contributed by atoms with Crippen molar-refractivity contribution in [1.82, 2.24) is 14.6 Å². The molecular weight excluding hydrogens is 328 g/mol. The summed E-state index contributed by atoms with van der Waals surface area (Å²) in [5.74, 6) is 1.53. The van der Waals surface area contributed by atoms with Crippen LogP contribution in [0.5, 0.6) is 0 Å². The number of carbonyl (C=O) groups excluding carboxylic acids is 1. The standard InChI is InChI=1S/C17H24N4O2.ClH/c1-11-7-14(13(3)21(11)15-8-12(2)23-19-15)16(22)20-6-5-17(4,9-18)10-20;/h7-8H,5-6,9-10,18H2,1-4H3;1H. The second-order valence-corrected chi connectivity index (χ2v) is 6.91. The van der Waals surface area contributed by atoms with Crippen LogP contribution in [0.15, 0.2) is 16.7 Å². The van der Waals surface area contributed by atoms with E-state index in [1.54, 1.807) is 0 Å². The topological polar surface area (TPSA) is 77.3 Å². The molecule has 1 unspecified atom stereocenters. The fourth-order valence-electron chi connectivity index (χ4n) is 3.32. The van der Waals surface area contributed by atoms with E-state index in [0.717, 1.165) is 42.2 Å². The van der Waals surface area contributed by atoms with Crippen molar-refractivity contribution >= 4 is 18.3 Å². The van der Waals surface area contributed by atoms with Crippen LogP contribution >= 0.6 is 12.4 Å². The minimum absolute atomic E-state index is 0. The first-order valence-electron chi connectivity index (χ1n) is 7.96. The highest BCUT2D eigenvalue weighted by Gasteiger charge is 2.36. The average molecular weight is 353 g/mol. The Balaban J connectivity index is 0.00000208. The molecule has 1 amide bonds. The fourth-order valence-corrected chi connectivity index (χ4v) is 3.32. The second kappa shape index (κ2) is 6.61. The molecule has 1 atom stereocenters. The van der Waals surface area contributed by atoms with Gasteiger partial charge in [0.25, 0.3) is 5.91 Å². The highest BCUT2D eigenvalue weighted by Crippen LogP contribution is 2.31. The SMILES string of the molecule is Cc1cc(-n2c(C)cc(C(=O)N3CCC(C)(CN)C3)c2C)no1.Cl. The van der Waals surface area contributed by atoms with E-state index in [2.05, 4.69) is 12.1 Å². The molecule has 1 saturated heterocycles. The molecule has 6 nitrogen and oxygen atoms in total. The quantitative estimate of drug-likeness (QED) is 0.921. The zero-order valence-corrected chi connectivity index (χ0v) is 15.4. The highest BCUT2D eigenvalue weighted by atomic mass is 35.5. The smallest absolute Gasteiger partial charge is 0.255 e. The first-order chi connectivity index (χ1) is 10.8. The third-order valence-electron chi connectivity index (χ3n) is 4.84. The molecule has 0 aromatic carbocycles. The molecule has 7 heteroatoms. The van der Waals surface area contributed by atoms with E-state index in [9.17, 15) is 4.79 Å². The third kappa shape index (κ3) is 3.08. The number of hydrogen-bond donors (Lipinski definition) is 1.